The normalized spacial score (nSPS) is 10.3. The summed E-state index contributed by atoms with van der Waals surface area (Å²) in [6.45, 7) is 0. The summed E-state index contributed by atoms with van der Waals surface area (Å²) in [5.41, 5.74) is -4.67. The molecule has 0 spiro atoms. The van der Waals surface area contributed by atoms with Crippen molar-refractivity contribution in [1.29, 1.82) is 15.8 Å². The minimum absolute atomic E-state index is 0.740. The number of rotatable bonds is 1. The highest BCUT2D eigenvalue weighted by atomic mass is 19.4. The van der Waals surface area contributed by atoms with Crippen LogP contribution in [0.1, 0.15) is 22.4 Å². The molecule has 1 aromatic rings. The molecule has 0 radical (unpaired) electrons. The Hall–Kier alpha value is -2.66. The number of aromatic nitrogens is 1. The molecule has 0 saturated carbocycles. The fraction of sp³-hybridized carbons (Fsp3) is 0.200. The highest BCUT2D eigenvalue weighted by Gasteiger charge is 2.39. The maximum Gasteiger partial charge on any atom is 0.420 e. The van der Waals surface area contributed by atoms with E-state index in [1.165, 1.54) is 12.1 Å². The molecule has 0 saturated heterocycles. The second-order valence-electron chi connectivity index (χ2n) is 3.04. The second-order valence-corrected chi connectivity index (χ2v) is 3.04. The molecular weight excluding hydrogens is 252 g/mol. The summed E-state index contributed by atoms with van der Waals surface area (Å²) in [6, 6.07) is 3.69. The lowest BCUT2D eigenvalue weighted by Gasteiger charge is -2.12. The summed E-state index contributed by atoms with van der Waals surface area (Å²) in [5, 5.41) is 25.5. The van der Waals surface area contributed by atoms with Crippen molar-refractivity contribution in [3.05, 3.63) is 28.3 Å². The number of halogens is 4. The molecule has 0 bridgehead atoms. The Morgan fingerprint density at radius 1 is 1.11 bits per heavy atom. The van der Waals surface area contributed by atoms with Crippen molar-refractivity contribution in [2.75, 3.05) is 0 Å². The van der Waals surface area contributed by atoms with Gasteiger partial charge in [-0.25, -0.2) is 4.98 Å². The SMILES string of the molecule is N#CCc1c(F)nc(C#N)c(C(F)(F)F)c1C#N. The minimum atomic E-state index is -5.03. The van der Waals surface area contributed by atoms with Crippen LogP contribution in [-0.2, 0) is 12.6 Å². The molecule has 0 N–H and O–H groups in total. The third-order valence-electron chi connectivity index (χ3n) is 2.00. The van der Waals surface area contributed by atoms with Crippen molar-refractivity contribution in [2.45, 2.75) is 12.6 Å². The van der Waals surface area contributed by atoms with E-state index < -0.39 is 40.9 Å². The number of pyridine rings is 1. The Morgan fingerprint density at radius 2 is 1.72 bits per heavy atom. The Labute approximate surface area is 98.3 Å². The van der Waals surface area contributed by atoms with Crippen molar-refractivity contribution in [2.24, 2.45) is 0 Å². The summed E-state index contributed by atoms with van der Waals surface area (Å²) in [4.78, 5) is 2.84. The van der Waals surface area contributed by atoms with Gasteiger partial charge in [0.05, 0.1) is 18.1 Å². The molecule has 0 aromatic carbocycles. The van der Waals surface area contributed by atoms with E-state index in [-0.39, 0.29) is 0 Å². The van der Waals surface area contributed by atoms with Gasteiger partial charge in [-0.15, -0.1) is 0 Å². The molecule has 8 heteroatoms. The van der Waals surface area contributed by atoms with Gasteiger partial charge in [0.1, 0.15) is 17.7 Å². The molecule has 0 aliphatic rings. The van der Waals surface area contributed by atoms with E-state index in [0.29, 0.717) is 0 Å². The maximum atomic E-state index is 13.3. The van der Waals surface area contributed by atoms with Crippen molar-refractivity contribution in [1.82, 2.24) is 4.98 Å². The number of hydrogen-bond donors (Lipinski definition) is 0. The average Bonchev–Trinajstić information content (AvgIpc) is 2.29. The zero-order valence-corrected chi connectivity index (χ0v) is 8.51. The van der Waals surface area contributed by atoms with Crippen LogP contribution in [-0.4, -0.2) is 4.98 Å². The van der Waals surface area contributed by atoms with Crippen LogP contribution in [0.5, 0.6) is 0 Å². The molecule has 0 amide bonds. The maximum absolute atomic E-state index is 13.3. The highest BCUT2D eigenvalue weighted by Crippen LogP contribution is 2.35. The zero-order chi connectivity index (χ0) is 13.9. The van der Waals surface area contributed by atoms with Gasteiger partial charge < -0.3 is 0 Å². The van der Waals surface area contributed by atoms with Crippen molar-refractivity contribution < 1.29 is 17.6 Å². The highest BCUT2D eigenvalue weighted by molar-refractivity contribution is 5.51. The molecule has 4 nitrogen and oxygen atoms in total. The van der Waals surface area contributed by atoms with Crippen LogP contribution in [0.25, 0.3) is 0 Å². The molecule has 0 fully saturated rings. The third kappa shape index (κ3) is 2.21. The molecule has 18 heavy (non-hydrogen) atoms. The van der Waals surface area contributed by atoms with Gasteiger partial charge in [-0.1, -0.05) is 0 Å². The lowest BCUT2D eigenvalue weighted by atomic mass is 10.00. The summed E-state index contributed by atoms with van der Waals surface area (Å²) in [7, 11) is 0. The predicted molar refractivity (Wildman–Crippen MR) is 47.9 cm³/mol. The lowest BCUT2D eigenvalue weighted by Crippen LogP contribution is -2.16. The van der Waals surface area contributed by atoms with Crippen LogP contribution in [0.3, 0.4) is 0 Å². The van der Waals surface area contributed by atoms with Gasteiger partial charge in [0.2, 0.25) is 5.95 Å². The lowest BCUT2D eigenvalue weighted by molar-refractivity contribution is -0.138. The van der Waals surface area contributed by atoms with Crippen LogP contribution in [0, 0.1) is 39.9 Å². The minimum Gasteiger partial charge on any atom is -0.208 e. The van der Waals surface area contributed by atoms with Gasteiger partial charge in [-0.2, -0.15) is 33.3 Å². The number of alkyl halides is 3. The van der Waals surface area contributed by atoms with E-state index in [1.54, 1.807) is 0 Å². The molecule has 0 atom stereocenters. The van der Waals surface area contributed by atoms with Gasteiger partial charge in [0.25, 0.3) is 0 Å². The van der Waals surface area contributed by atoms with Crippen LogP contribution in [0.4, 0.5) is 17.6 Å². The second kappa shape index (κ2) is 4.68. The number of hydrogen-bond acceptors (Lipinski definition) is 4. The van der Waals surface area contributed by atoms with E-state index in [1.807, 2.05) is 0 Å². The van der Waals surface area contributed by atoms with E-state index in [4.69, 9.17) is 15.8 Å². The molecule has 1 heterocycles. The Kier molecular flexibility index (Phi) is 3.49. The predicted octanol–water partition coefficient (Wildman–Crippen LogP) is 2.05. The summed E-state index contributed by atoms with van der Waals surface area (Å²) in [6.07, 6.45) is -5.77. The van der Waals surface area contributed by atoms with E-state index in [9.17, 15) is 17.6 Å². The summed E-state index contributed by atoms with van der Waals surface area (Å²) < 4.78 is 51.4. The molecule has 1 rings (SSSR count). The molecular formula is C10H2F4N4. The van der Waals surface area contributed by atoms with Crippen LogP contribution < -0.4 is 0 Å². The largest absolute Gasteiger partial charge is 0.420 e. The first-order valence-corrected chi connectivity index (χ1v) is 4.33. The topological polar surface area (TPSA) is 84.3 Å². The first-order chi connectivity index (χ1) is 8.36. The third-order valence-corrected chi connectivity index (χ3v) is 2.00. The molecule has 1 aromatic heterocycles. The smallest absolute Gasteiger partial charge is 0.208 e. The monoisotopic (exact) mass is 254 g/mol. The van der Waals surface area contributed by atoms with E-state index in [2.05, 4.69) is 4.98 Å². The average molecular weight is 254 g/mol. The first-order valence-electron chi connectivity index (χ1n) is 4.33. The van der Waals surface area contributed by atoms with Gasteiger partial charge in [0, 0.05) is 5.56 Å². The number of nitrogens with zero attached hydrogens (tertiary/aromatic N) is 4. The molecule has 0 aliphatic heterocycles. The zero-order valence-electron chi connectivity index (χ0n) is 8.51. The fourth-order valence-corrected chi connectivity index (χ4v) is 1.31. The van der Waals surface area contributed by atoms with Gasteiger partial charge >= 0.3 is 6.18 Å². The quantitative estimate of drug-likeness (QED) is 0.567. The van der Waals surface area contributed by atoms with Gasteiger partial charge in [-0.05, 0) is 0 Å². The summed E-state index contributed by atoms with van der Waals surface area (Å²) in [5.74, 6) is -1.42. The Bertz CT molecular complexity index is 613. The molecule has 0 aliphatic carbocycles. The van der Waals surface area contributed by atoms with Crippen LogP contribution >= 0.6 is 0 Å². The van der Waals surface area contributed by atoms with Crippen molar-refractivity contribution >= 4 is 0 Å². The van der Waals surface area contributed by atoms with Crippen LogP contribution in [0.2, 0.25) is 0 Å². The fourth-order valence-electron chi connectivity index (χ4n) is 1.31. The van der Waals surface area contributed by atoms with Crippen molar-refractivity contribution in [3.8, 4) is 18.2 Å². The van der Waals surface area contributed by atoms with Crippen LogP contribution in [0.15, 0.2) is 0 Å². The van der Waals surface area contributed by atoms with Gasteiger partial charge in [0.15, 0.2) is 5.69 Å². The Morgan fingerprint density at radius 3 is 2.11 bits per heavy atom. The Balaban J connectivity index is 3.80. The first kappa shape index (κ1) is 13.4. The van der Waals surface area contributed by atoms with Gasteiger partial charge in [-0.3, -0.25) is 0 Å². The summed E-state index contributed by atoms with van der Waals surface area (Å²) >= 11 is 0. The number of nitriles is 3. The van der Waals surface area contributed by atoms with E-state index >= 15 is 0 Å². The standard InChI is InChI=1S/C10H2F4N4/c11-9-5(1-2-15)6(3-16)8(10(12,13)14)7(4-17)18-9/h1H2. The molecule has 0 unspecified atom stereocenters. The van der Waals surface area contributed by atoms with E-state index in [0.717, 1.165) is 6.07 Å². The molecule has 90 valence electrons. The van der Waals surface area contributed by atoms with Crippen molar-refractivity contribution in [3.63, 3.8) is 0 Å².